The van der Waals surface area contributed by atoms with Crippen molar-refractivity contribution in [3.8, 4) is 0 Å². The van der Waals surface area contributed by atoms with Crippen LogP contribution < -0.4 is 4.90 Å². The van der Waals surface area contributed by atoms with Gasteiger partial charge in [0.25, 0.3) is 0 Å². The van der Waals surface area contributed by atoms with Crippen molar-refractivity contribution in [3.63, 3.8) is 0 Å². The molecule has 1 aromatic carbocycles. The zero-order valence-electron chi connectivity index (χ0n) is 9.66. The van der Waals surface area contributed by atoms with Gasteiger partial charge in [0.15, 0.2) is 0 Å². The lowest BCUT2D eigenvalue weighted by Gasteiger charge is -2.22. The Morgan fingerprint density at radius 2 is 2.00 bits per heavy atom. The average Bonchev–Trinajstić information content (AvgIpc) is 2.31. The second-order valence-corrected chi connectivity index (χ2v) is 4.47. The molecule has 3 heteroatoms. The van der Waals surface area contributed by atoms with Gasteiger partial charge < -0.3 is 4.90 Å². The Balaban J connectivity index is 2.74. The maximum Gasteiger partial charge on any atom is 0.227 e. The third-order valence-electron chi connectivity index (χ3n) is 2.41. The smallest absolute Gasteiger partial charge is 0.227 e. The Labute approximate surface area is 106 Å². The number of carbonyl (C=O) groups excluding carboxylic acids is 1. The van der Waals surface area contributed by atoms with Crippen molar-refractivity contribution in [2.45, 2.75) is 26.2 Å². The number of carbonyl (C=O) groups is 1. The molecule has 0 aliphatic rings. The minimum atomic E-state index is 0.191. The summed E-state index contributed by atoms with van der Waals surface area (Å²) in [6, 6.07) is 9.88. The Hall–Kier alpha value is -0.830. The van der Waals surface area contributed by atoms with E-state index in [1.165, 1.54) is 0 Å². The first-order valence-electron chi connectivity index (χ1n) is 5.71. The predicted octanol–water partition coefficient (Wildman–Crippen LogP) is 3.60. The molecule has 0 saturated heterocycles. The van der Waals surface area contributed by atoms with Crippen LogP contribution in [0.1, 0.15) is 26.2 Å². The third-order valence-corrected chi connectivity index (χ3v) is 2.81. The molecule has 0 aliphatic heterocycles. The molecule has 0 radical (unpaired) electrons. The zero-order valence-corrected chi connectivity index (χ0v) is 11.2. The summed E-state index contributed by atoms with van der Waals surface area (Å²) in [6.45, 7) is 2.95. The highest BCUT2D eigenvalue weighted by Crippen LogP contribution is 2.15. The molecule has 0 saturated carbocycles. The lowest BCUT2D eigenvalue weighted by Crippen LogP contribution is -2.31. The van der Waals surface area contributed by atoms with E-state index in [1.807, 2.05) is 35.2 Å². The number of benzene rings is 1. The molecular formula is C13H18BrNO. The number of halogens is 1. The van der Waals surface area contributed by atoms with Gasteiger partial charge in [-0.3, -0.25) is 4.79 Å². The molecular weight excluding hydrogens is 266 g/mol. The van der Waals surface area contributed by atoms with Crippen LogP contribution in [0.3, 0.4) is 0 Å². The standard InChI is InChI=1S/C13H18BrNO/c1-2-3-11-15(13(16)9-10-14)12-7-5-4-6-8-12/h4-8H,2-3,9-11H2,1H3. The summed E-state index contributed by atoms with van der Waals surface area (Å²) in [7, 11) is 0. The highest BCUT2D eigenvalue weighted by molar-refractivity contribution is 9.09. The van der Waals surface area contributed by atoms with Gasteiger partial charge in [-0.1, -0.05) is 47.5 Å². The minimum Gasteiger partial charge on any atom is -0.312 e. The fourth-order valence-electron chi connectivity index (χ4n) is 1.54. The zero-order chi connectivity index (χ0) is 11.8. The van der Waals surface area contributed by atoms with Crippen molar-refractivity contribution in [1.29, 1.82) is 0 Å². The summed E-state index contributed by atoms with van der Waals surface area (Å²) in [6.07, 6.45) is 2.70. The number of anilines is 1. The molecule has 0 aliphatic carbocycles. The van der Waals surface area contributed by atoms with Crippen LogP contribution in [0.4, 0.5) is 5.69 Å². The largest absolute Gasteiger partial charge is 0.312 e. The van der Waals surface area contributed by atoms with Gasteiger partial charge >= 0.3 is 0 Å². The Kier molecular flexibility index (Phi) is 6.16. The highest BCUT2D eigenvalue weighted by atomic mass is 79.9. The molecule has 0 atom stereocenters. The average molecular weight is 284 g/mol. The Bertz CT molecular complexity index is 313. The van der Waals surface area contributed by atoms with Crippen molar-refractivity contribution in [1.82, 2.24) is 0 Å². The number of amides is 1. The Morgan fingerprint density at radius 3 is 2.56 bits per heavy atom. The maximum absolute atomic E-state index is 11.9. The van der Waals surface area contributed by atoms with Crippen LogP contribution in [0.15, 0.2) is 30.3 Å². The van der Waals surface area contributed by atoms with Crippen LogP contribution >= 0.6 is 15.9 Å². The molecule has 0 N–H and O–H groups in total. The highest BCUT2D eigenvalue weighted by Gasteiger charge is 2.13. The van der Waals surface area contributed by atoms with Gasteiger partial charge in [0.2, 0.25) is 5.91 Å². The molecule has 1 amide bonds. The van der Waals surface area contributed by atoms with Crippen LogP contribution in [0, 0.1) is 0 Å². The SMILES string of the molecule is CCCCN(C(=O)CCBr)c1ccccc1. The van der Waals surface area contributed by atoms with Gasteiger partial charge in [-0.05, 0) is 18.6 Å². The first-order chi connectivity index (χ1) is 7.79. The summed E-state index contributed by atoms with van der Waals surface area (Å²) in [4.78, 5) is 13.8. The van der Waals surface area contributed by atoms with E-state index in [0.717, 1.165) is 30.4 Å². The minimum absolute atomic E-state index is 0.191. The second-order valence-electron chi connectivity index (χ2n) is 3.67. The van der Waals surface area contributed by atoms with Crippen molar-refractivity contribution < 1.29 is 4.79 Å². The third kappa shape index (κ3) is 3.97. The molecule has 2 nitrogen and oxygen atoms in total. The van der Waals surface area contributed by atoms with Crippen molar-refractivity contribution >= 4 is 27.5 Å². The van der Waals surface area contributed by atoms with E-state index in [2.05, 4.69) is 22.9 Å². The van der Waals surface area contributed by atoms with Gasteiger partial charge in [-0.2, -0.15) is 0 Å². The van der Waals surface area contributed by atoms with Crippen LogP contribution in [0.2, 0.25) is 0 Å². The summed E-state index contributed by atoms with van der Waals surface area (Å²) < 4.78 is 0. The van der Waals surface area contributed by atoms with Crippen molar-refractivity contribution in [3.05, 3.63) is 30.3 Å². The van der Waals surface area contributed by atoms with E-state index in [4.69, 9.17) is 0 Å². The van der Waals surface area contributed by atoms with Crippen molar-refractivity contribution in [2.24, 2.45) is 0 Å². The number of hydrogen-bond donors (Lipinski definition) is 0. The monoisotopic (exact) mass is 283 g/mol. The molecule has 16 heavy (non-hydrogen) atoms. The van der Waals surface area contributed by atoms with Crippen LogP contribution in [0.5, 0.6) is 0 Å². The van der Waals surface area contributed by atoms with E-state index in [9.17, 15) is 4.79 Å². The molecule has 0 fully saturated rings. The molecule has 1 rings (SSSR count). The molecule has 0 aromatic heterocycles. The summed E-state index contributed by atoms with van der Waals surface area (Å²) in [5, 5.41) is 0.724. The lowest BCUT2D eigenvalue weighted by atomic mass is 10.2. The van der Waals surface area contributed by atoms with Crippen molar-refractivity contribution in [2.75, 3.05) is 16.8 Å². The molecule has 0 spiro atoms. The number of unbranched alkanes of at least 4 members (excludes halogenated alkanes) is 1. The number of rotatable bonds is 6. The van der Waals surface area contributed by atoms with Gasteiger partial charge in [0, 0.05) is 24.0 Å². The summed E-state index contributed by atoms with van der Waals surface area (Å²) in [5.74, 6) is 0.191. The Morgan fingerprint density at radius 1 is 1.31 bits per heavy atom. The topological polar surface area (TPSA) is 20.3 Å². The van der Waals surface area contributed by atoms with E-state index in [1.54, 1.807) is 0 Å². The number of nitrogens with zero attached hydrogens (tertiary/aromatic N) is 1. The van der Waals surface area contributed by atoms with Gasteiger partial charge in [0.05, 0.1) is 0 Å². The first-order valence-corrected chi connectivity index (χ1v) is 6.83. The van der Waals surface area contributed by atoms with E-state index < -0.39 is 0 Å². The van der Waals surface area contributed by atoms with Crippen LogP contribution in [-0.2, 0) is 4.79 Å². The van der Waals surface area contributed by atoms with E-state index in [0.29, 0.717) is 6.42 Å². The lowest BCUT2D eigenvalue weighted by molar-refractivity contribution is -0.118. The molecule has 88 valence electrons. The van der Waals surface area contributed by atoms with Gasteiger partial charge in [-0.25, -0.2) is 0 Å². The molecule has 0 bridgehead atoms. The van der Waals surface area contributed by atoms with E-state index >= 15 is 0 Å². The molecule has 0 unspecified atom stereocenters. The fraction of sp³-hybridized carbons (Fsp3) is 0.462. The second kappa shape index (κ2) is 7.44. The normalized spacial score (nSPS) is 10.1. The number of hydrogen-bond acceptors (Lipinski definition) is 1. The molecule has 1 aromatic rings. The maximum atomic E-state index is 11.9. The van der Waals surface area contributed by atoms with Crippen LogP contribution in [0.25, 0.3) is 0 Å². The number of para-hydroxylation sites is 1. The van der Waals surface area contributed by atoms with Gasteiger partial charge in [0.1, 0.15) is 0 Å². The quantitative estimate of drug-likeness (QED) is 0.731. The predicted molar refractivity (Wildman–Crippen MR) is 72.1 cm³/mol. The fourth-order valence-corrected chi connectivity index (χ4v) is 1.88. The van der Waals surface area contributed by atoms with Crippen LogP contribution in [-0.4, -0.2) is 17.8 Å². The summed E-state index contributed by atoms with van der Waals surface area (Å²) >= 11 is 3.31. The summed E-state index contributed by atoms with van der Waals surface area (Å²) in [5.41, 5.74) is 1.00. The number of alkyl halides is 1. The first kappa shape index (κ1) is 13.2. The molecule has 0 heterocycles. The van der Waals surface area contributed by atoms with E-state index in [-0.39, 0.29) is 5.91 Å². The van der Waals surface area contributed by atoms with Gasteiger partial charge in [-0.15, -0.1) is 0 Å².